The van der Waals surface area contributed by atoms with E-state index < -0.39 is 0 Å². The van der Waals surface area contributed by atoms with Crippen molar-refractivity contribution in [3.63, 3.8) is 0 Å². The van der Waals surface area contributed by atoms with Gasteiger partial charge >= 0.3 is 0 Å². The molecule has 0 spiro atoms. The number of Topliss-reactive ketones (excluding diaryl/α,β-unsaturated/α-hetero) is 1. The molecule has 0 bridgehead atoms. The first-order valence-electron chi connectivity index (χ1n) is 5.67. The van der Waals surface area contributed by atoms with Crippen LogP contribution in [0.2, 0.25) is 0 Å². The quantitative estimate of drug-likeness (QED) is 0.755. The van der Waals surface area contributed by atoms with Gasteiger partial charge in [0.1, 0.15) is 0 Å². The van der Waals surface area contributed by atoms with Crippen molar-refractivity contribution in [3.8, 4) is 0 Å². The van der Waals surface area contributed by atoms with E-state index in [2.05, 4.69) is 0 Å². The highest BCUT2D eigenvalue weighted by Crippen LogP contribution is 2.37. The lowest BCUT2D eigenvalue weighted by molar-refractivity contribution is 0.0963. The van der Waals surface area contributed by atoms with Crippen molar-refractivity contribution in [2.45, 2.75) is 10.8 Å². The molecule has 3 rings (SSSR count). The molecule has 1 aliphatic heterocycles. The Balaban J connectivity index is 2.00. The fraction of sp³-hybridized carbons (Fsp3) is 0.133. The summed E-state index contributed by atoms with van der Waals surface area (Å²) in [5.41, 5.74) is 2.00. The molecule has 17 heavy (non-hydrogen) atoms. The van der Waals surface area contributed by atoms with Crippen LogP contribution in [0, 0.1) is 0 Å². The van der Waals surface area contributed by atoms with Crippen LogP contribution in [0.5, 0.6) is 0 Å². The summed E-state index contributed by atoms with van der Waals surface area (Å²) in [7, 11) is 0. The van der Waals surface area contributed by atoms with Crippen LogP contribution in [-0.2, 0) is 0 Å². The Kier molecular flexibility index (Phi) is 2.73. The molecule has 0 aromatic heterocycles. The minimum absolute atomic E-state index is 0.0103. The monoisotopic (exact) mass is 240 g/mol. The second-order valence-electron chi connectivity index (χ2n) is 4.13. The summed E-state index contributed by atoms with van der Waals surface area (Å²) in [6.07, 6.45) is 0. The first kappa shape index (κ1) is 10.6. The molecule has 0 saturated carbocycles. The number of fused-ring (bicyclic) bond motifs is 1. The minimum Gasteiger partial charge on any atom is -0.293 e. The van der Waals surface area contributed by atoms with Gasteiger partial charge in [-0.3, -0.25) is 4.79 Å². The third-order valence-electron chi connectivity index (χ3n) is 3.08. The van der Waals surface area contributed by atoms with Crippen LogP contribution in [0.25, 0.3) is 0 Å². The van der Waals surface area contributed by atoms with E-state index in [1.807, 2.05) is 54.6 Å². The Morgan fingerprint density at radius 3 is 2.47 bits per heavy atom. The Morgan fingerprint density at radius 1 is 0.941 bits per heavy atom. The minimum atomic E-state index is 0.0103. The predicted octanol–water partition coefficient (Wildman–Crippen LogP) is 3.76. The van der Waals surface area contributed by atoms with Gasteiger partial charge in [0.25, 0.3) is 0 Å². The molecule has 1 nitrogen and oxygen atoms in total. The lowest BCUT2D eigenvalue weighted by atomic mass is 9.92. The maximum absolute atomic E-state index is 12.4. The maximum Gasteiger partial charge on any atom is 0.172 e. The molecular weight excluding hydrogens is 228 g/mol. The number of hydrogen-bond donors (Lipinski definition) is 0. The summed E-state index contributed by atoms with van der Waals surface area (Å²) in [4.78, 5) is 13.5. The standard InChI is InChI=1S/C15H12OS/c16-15-12-8-4-5-9-14(12)17-10-13(15)11-6-2-1-3-7-11/h1-9,13H,10H2. The summed E-state index contributed by atoms with van der Waals surface area (Å²) in [5.74, 6) is 1.11. The average Bonchev–Trinajstić information content (AvgIpc) is 2.40. The predicted molar refractivity (Wildman–Crippen MR) is 70.7 cm³/mol. The molecule has 0 N–H and O–H groups in total. The average molecular weight is 240 g/mol. The highest BCUT2D eigenvalue weighted by molar-refractivity contribution is 7.99. The Labute approximate surface area is 105 Å². The maximum atomic E-state index is 12.4. The summed E-state index contributed by atoms with van der Waals surface area (Å²) in [6.45, 7) is 0. The van der Waals surface area contributed by atoms with Gasteiger partial charge in [-0.15, -0.1) is 11.8 Å². The SMILES string of the molecule is O=C1c2ccccc2SCC1c1ccccc1. The normalized spacial score (nSPS) is 18.8. The third kappa shape index (κ3) is 1.89. The van der Waals surface area contributed by atoms with Crippen LogP contribution >= 0.6 is 11.8 Å². The van der Waals surface area contributed by atoms with Gasteiger partial charge in [-0.25, -0.2) is 0 Å². The third-order valence-corrected chi connectivity index (χ3v) is 4.24. The molecule has 1 unspecified atom stereocenters. The van der Waals surface area contributed by atoms with Crippen molar-refractivity contribution in [2.24, 2.45) is 0 Å². The van der Waals surface area contributed by atoms with Crippen molar-refractivity contribution in [1.29, 1.82) is 0 Å². The van der Waals surface area contributed by atoms with Crippen molar-refractivity contribution < 1.29 is 4.79 Å². The molecule has 2 aromatic carbocycles. The van der Waals surface area contributed by atoms with Crippen LogP contribution in [0.3, 0.4) is 0 Å². The molecule has 0 saturated heterocycles. The van der Waals surface area contributed by atoms with Crippen LogP contribution in [0.4, 0.5) is 0 Å². The molecule has 2 aromatic rings. The molecule has 1 atom stereocenters. The lowest BCUT2D eigenvalue weighted by Gasteiger charge is -2.22. The zero-order chi connectivity index (χ0) is 11.7. The molecule has 84 valence electrons. The van der Waals surface area contributed by atoms with E-state index in [-0.39, 0.29) is 11.7 Å². The van der Waals surface area contributed by atoms with Gasteiger partial charge in [0, 0.05) is 16.2 Å². The summed E-state index contributed by atoms with van der Waals surface area (Å²) >= 11 is 1.77. The topological polar surface area (TPSA) is 17.1 Å². The molecule has 1 aliphatic rings. The molecule has 0 aliphatic carbocycles. The number of thioether (sulfide) groups is 1. The zero-order valence-electron chi connectivity index (χ0n) is 9.30. The van der Waals surface area contributed by atoms with Crippen LogP contribution in [-0.4, -0.2) is 11.5 Å². The number of carbonyl (C=O) groups excluding carboxylic acids is 1. The van der Waals surface area contributed by atoms with Gasteiger partial charge in [0.05, 0.1) is 5.92 Å². The first-order valence-corrected chi connectivity index (χ1v) is 6.66. The van der Waals surface area contributed by atoms with Gasteiger partial charge in [-0.2, -0.15) is 0 Å². The highest BCUT2D eigenvalue weighted by atomic mass is 32.2. The fourth-order valence-corrected chi connectivity index (χ4v) is 3.35. The van der Waals surface area contributed by atoms with Crippen molar-refractivity contribution >= 4 is 17.5 Å². The summed E-state index contributed by atoms with van der Waals surface area (Å²) in [5, 5.41) is 0. The summed E-state index contributed by atoms with van der Waals surface area (Å²) < 4.78 is 0. The number of carbonyl (C=O) groups is 1. The molecule has 2 heteroatoms. The Morgan fingerprint density at radius 2 is 1.65 bits per heavy atom. The van der Waals surface area contributed by atoms with E-state index in [0.29, 0.717) is 0 Å². The Hall–Kier alpha value is -1.54. The van der Waals surface area contributed by atoms with Gasteiger partial charge < -0.3 is 0 Å². The number of benzene rings is 2. The zero-order valence-corrected chi connectivity index (χ0v) is 10.1. The highest BCUT2D eigenvalue weighted by Gasteiger charge is 2.28. The van der Waals surface area contributed by atoms with Gasteiger partial charge in [-0.05, 0) is 11.6 Å². The van der Waals surface area contributed by atoms with E-state index in [4.69, 9.17) is 0 Å². The largest absolute Gasteiger partial charge is 0.293 e. The second-order valence-corrected chi connectivity index (χ2v) is 5.20. The van der Waals surface area contributed by atoms with E-state index in [1.54, 1.807) is 11.8 Å². The lowest BCUT2D eigenvalue weighted by Crippen LogP contribution is -2.20. The number of hydrogen-bond acceptors (Lipinski definition) is 2. The van der Waals surface area contributed by atoms with Gasteiger partial charge in [0.2, 0.25) is 0 Å². The van der Waals surface area contributed by atoms with Crippen LogP contribution < -0.4 is 0 Å². The van der Waals surface area contributed by atoms with Crippen LogP contribution in [0.15, 0.2) is 59.5 Å². The van der Waals surface area contributed by atoms with E-state index in [9.17, 15) is 4.79 Å². The number of rotatable bonds is 1. The van der Waals surface area contributed by atoms with Crippen molar-refractivity contribution in [1.82, 2.24) is 0 Å². The second kappa shape index (κ2) is 4.38. The molecule has 0 amide bonds. The number of ketones is 1. The van der Waals surface area contributed by atoms with E-state index in [0.717, 1.165) is 21.8 Å². The molecule has 1 heterocycles. The fourth-order valence-electron chi connectivity index (χ4n) is 2.17. The van der Waals surface area contributed by atoms with Crippen LogP contribution in [0.1, 0.15) is 21.8 Å². The molecule has 0 radical (unpaired) electrons. The Bertz CT molecular complexity index is 548. The van der Waals surface area contributed by atoms with Crippen molar-refractivity contribution in [3.05, 3.63) is 65.7 Å². The van der Waals surface area contributed by atoms with Crippen molar-refractivity contribution in [2.75, 3.05) is 5.75 Å². The van der Waals surface area contributed by atoms with Gasteiger partial charge in [-0.1, -0.05) is 48.5 Å². The van der Waals surface area contributed by atoms with E-state index >= 15 is 0 Å². The first-order chi connectivity index (χ1) is 8.36. The molecular formula is C15H12OS. The van der Waals surface area contributed by atoms with E-state index in [1.165, 1.54) is 0 Å². The summed E-state index contributed by atoms with van der Waals surface area (Å²) in [6, 6.07) is 17.9. The van der Waals surface area contributed by atoms with Gasteiger partial charge in [0.15, 0.2) is 5.78 Å². The smallest absolute Gasteiger partial charge is 0.172 e. The molecule has 0 fully saturated rings.